The molecule has 0 unspecified atom stereocenters. The molecule has 35 heavy (non-hydrogen) atoms. The monoisotopic (exact) mass is 491 g/mol. The van der Waals surface area contributed by atoms with Crippen LogP contribution in [0.3, 0.4) is 0 Å². The molecule has 0 radical (unpaired) electrons. The van der Waals surface area contributed by atoms with Crippen molar-refractivity contribution in [2.45, 2.75) is 11.7 Å². The molecule has 180 valence electrons. The molecule has 4 aromatic rings. The zero-order valence-corrected chi connectivity index (χ0v) is 20.2. The number of anilines is 1. The SMILES string of the molecule is COc1ccc(NC(=O)COC(=O)CSc2nc3ccccc3n2Cc2ccccc2)cc1OC. The maximum atomic E-state index is 12.3. The van der Waals surface area contributed by atoms with Gasteiger partial charge in [0.1, 0.15) is 0 Å². The summed E-state index contributed by atoms with van der Waals surface area (Å²) >= 11 is 1.28. The van der Waals surface area contributed by atoms with Crippen molar-refractivity contribution in [2.75, 3.05) is 31.9 Å². The molecule has 8 nitrogen and oxygen atoms in total. The molecule has 9 heteroatoms. The number of amides is 1. The number of para-hydroxylation sites is 2. The first-order valence-electron chi connectivity index (χ1n) is 10.9. The van der Waals surface area contributed by atoms with Gasteiger partial charge in [-0.15, -0.1) is 0 Å². The predicted octanol–water partition coefficient (Wildman–Crippen LogP) is 4.38. The van der Waals surface area contributed by atoms with Crippen LogP contribution in [0.5, 0.6) is 11.5 Å². The number of esters is 1. The van der Waals surface area contributed by atoms with E-state index in [0.29, 0.717) is 28.9 Å². The minimum atomic E-state index is -0.504. The maximum Gasteiger partial charge on any atom is 0.316 e. The number of hydrogen-bond acceptors (Lipinski definition) is 7. The molecule has 1 amide bonds. The van der Waals surface area contributed by atoms with Crippen molar-refractivity contribution in [3.8, 4) is 11.5 Å². The second kappa shape index (κ2) is 11.4. The molecular formula is C26H25N3O5S. The van der Waals surface area contributed by atoms with Crippen LogP contribution in [0.4, 0.5) is 5.69 Å². The minimum absolute atomic E-state index is 0.0295. The third-order valence-electron chi connectivity index (χ3n) is 5.15. The molecule has 0 saturated carbocycles. The average Bonchev–Trinajstić information content (AvgIpc) is 3.24. The van der Waals surface area contributed by atoms with Gasteiger partial charge in [-0.3, -0.25) is 9.59 Å². The van der Waals surface area contributed by atoms with E-state index >= 15 is 0 Å². The van der Waals surface area contributed by atoms with Gasteiger partial charge in [-0.2, -0.15) is 0 Å². The zero-order valence-electron chi connectivity index (χ0n) is 19.4. The van der Waals surface area contributed by atoms with Crippen LogP contribution < -0.4 is 14.8 Å². The van der Waals surface area contributed by atoms with Crippen molar-refractivity contribution >= 4 is 40.4 Å². The summed E-state index contributed by atoms with van der Waals surface area (Å²) in [6.07, 6.45) is 0. The van der Waals surface area contributed by atoms with Gasteiger partial charge in [-0.25, -0.2) is 4.98 Å². The van der Waals surface area contributed by atoms with E-state index in [-0.39, 0.29) is 5.75 Å². The molecule has 0 fully saturated rings. The second-order valence-electron chi connectivity index (χ2n) is 7.52. The molecule has 0 bridgehead atoms. The van der Waals surface area contributed by atoms with Gasteiger partial charge in [0.05, 0.1) is 37.6 Å². The smallest absolute Gasteiger partial charge is 0.316 e. The molecule has 1 heterocycles. The molecule has 1 N–H and O–H groups in total. The summed E-state index contributed by atoms with van der Waals surface area (Å²) in [5.41, 5.74) is 3.48. The molecule has 0 aliphatic carbocycles. The Balaban J connectivity index is 1.34. The van der Waals surface area contributed by atoms with Gasteiger partial charge in [0.25, 0.3) is 5.91 Å². The molecule has 0 aliphatic rings. The first-order valence-corrected chi connectivity index (χ1v) is 11.9. The van der Waals surface area contributed by atoms with Crippen LogP contribution in [0.25, 0.3) is 11.0 Å². The Hall–Kier alpha value is -3.98. The number of benzene rings is 3. The lowest BCUT2D eigenvalue weighted by Gasteiger charge is -2.11. The Morgan fingerprint density at radius 2 is 1.69 bits per heavy atom. The molecule has 0 aliphatic heterocycles. The number of rotatable bonds is 10. The van der Waals surface area contributed by atoms with Crippen LogP contribution in [-0.2, 0) is 20.9 Å². The highest BCUT2D eigenvalue weighted by atomic mass is 32.2. The maximum absolute atomic E-state index is 12.3. The predicted molar refractivity (Wildman–Crippen MR) is 135 cm³/mol. The standard InChI is InChI=1S/C26H25N3O5S/c1-32-22-13-12-19(14-23(22)33-2)27-24(30)16-34-25(31)17-35-26-28-20-10-6-7-11-21(20)29(26)15-18-8-4-3-5-9-18/h3-14H,15-17H2,1-2H3,(H,27,30). The van der Waals surface area contributed by atoms with E-state index in [1.807, 2.05) is 42.5 Å². The van der Waals surface area contributed by atoms with Crippen LogP contribution >= 0.6 is 11.8 Å². The van der Waals surface area contributed by atoms with Crippen molar-refractivity contribution in [3.63, 3.8) is 0 Å². The fourth-order valence-corrected chi connectivity index (χ4v) is 4.32. The number of thioether (sulfide) groups is 1. The molecule has 0 spiro atoms. The number of carbonyl (C=O) groups is 2. The lowest BCUT2D eigenvalue weighted by Crippen LogP contribution is -2.21. The molecule has 1 aromatic heterocycles. The first-order chi connectivity index (χ1) is 17.1. The average molecular weight is 492 g/mol. The number of ether oxygens (including phenoxy) is 3. The van der Waals surface area contributed by atoms with E-state index < -0.39 is 18.5 Å². The van der Waals surface area contributed by atoms with Crippen LogP contribution in [0.2, 0.25) is 0 Å². The van der Waals surface area contributed by atoms with Gasteiger partial charge in [0.15, 0.2) is 23.3 Å². The zero-order chi connectivity index (χ0) is 24.6. The van der Waals surface area contributed by atoms with Crippen molar-refractivity contribution in [1.82, 2.24) is 9.55 Å². The van der Waals surface area contributed by atoms with Gasteiger partial charge in [-0.1, -0.05) is 54.2 Å². The molecular weight excluding hydrogens is 466 g/mol. The van der Waals surface area contributed by atoms with Gasteiger partial charge in [-0.05, 0) is 29.8 Å². The highest BCUT2D eigenvalue weighted by Gasteiger charge is 2.15. The van der Waals surface area contributed by atoms with Crippen LogP contribution in [0.1, 0.15) is 5.56 Å². The van der Waals surface area contributed by atoms with Crippen molar-refractivity contribution in [2.24, 2.45) is 0 Å². The third-order valence-corrected chi connectivity index (χ3v) is 6.10. The molecule has 4 rings (SSSR count). The van der Waals surface area contributed by atoms with Gasteiger partial charge < -0.3 is 24.1 Å². The summed E-state index contributed by atoms with van der Waals surface area (Å²) in [5.74, 6) is 0.105. The van der Waals surface area contributed by atoms with Gasteiger partial charge >= 0.3 is 5.97 Å². The Morgan fingerprint density at radius 1 is 0.943 bits per heavy atom. The van der Waals surface area contributed by atoms with Crippen LogP contribution in [0.15, 0.2) is 78.0 Å². The Bertz CT molecular complexity index is 1320. The summed E-state index contributed by atoms with van der Waals surface area (Å²) in [7, 11) is 3.04. The van der Waals surface area contributed by atoms with Crippen molar-refractivity contribution in [1.29, 1.82) is 0 Å². The Kier molecular flexibility index (Phi) is 7.89. The number of methoxy groups -OCH3 is 2. The number of hydrogen-bond donors (Lipinski definition) is 1. The second-order valence-corrected chi connectivity index (χ2v) is 8.46. The summed E-state index contributed by atoms with van der Waals surface area (Å²) in [6, 6.07) is 22.9. The minimum Gasteiger partial charge on any atom is -0.493 e. The summed E-state index contributed by atoms with van der Waals surface area (Å²) in [5, 5.41) is 3.39. The number of aromatic nitrogens is 2. The summed E-state index contributed by atoms with van der Waals surface area (Å²) in [6.45, 7) is 0.237. The number of nitrogens with zero attached hydrogens (tertiary/aromatic N) is 2. The number of imidazole rings is 1. The Morgan fingerprint density at radius 3 is 2.46 bits per heavy atom. The fraction of sp³-hybridized carbons (Fsp3) is 0.192. The van der Waals surface area contributed by atoms with Crippen LogP contribution in [0, 0.1) is 0 Å². The third kappa shape index (κ3) is 6.13. The normalized spacial score (nSPS) is 10.7. The van der Waals surface area contributed by atoms with Gasteiger partial charge in [0.2, 0.25) is 0 Å². The molecule has 3 aromatic carbocycles. The van der Waals surface area contributed by atoms with E-state index in [4.69, 9.17) is 14.2 Å². The van der Waals surface area contributed by atoms with E-state index in [9.17, 15) is 9.59 Å². The topological polar surface area (TPSA) is 91.7 Å². The largest absolute Gasteiger partial charge is 0.493 e. The van der Waals surface area contributed by atoms with Crippen molar-refractivity contribution < 1.29 is 23.8 Å². The van der Waals surface area contributed by atoms with E-state index in [2.05, 4.69) is 27.0 Å². The van der Waals surface area contributed by atoms with Crippen LogP contribution in [-0.4, -0.2) is 48.0 Å². The number of nitrogens with one attached hydrogen (secondary N) is 1. The fourth-order valence-electron chi connectivity index (χ4n) is 3.50. The van der Waals surface area contributed by atoms with Crippen molar-refractivity contribution in [3.05, 3.63) is 78.4 Å². The number of carbonyl (C=O) groups excluding carboxylic acids is 2. The number of fused-ring (bicyclic) bond motifs is 1. The van der Waals surface area contributed by atoms with Gasteiger partial charge in [0, 0.05) is 11.8 Å². The Labute approximate surface area is 207 Å². The van der Waals surface area contributed by atoms with E-state index in [0.717, 1.165) is 16.6 Å². The van der Waals surface area contributed by atoms with E-state index in [1.54, 1.807) is 18.2 Å². The highest BCUT2D eigenvalue weighted by molar-refractivity contribution is 7.99. The lowest BCUT2D eigenvalue weighted by atomic mass is 10.2. The lowest BCUT2D eigenvalue weighted by molar-refractivity contribution is -0.144. The highest BCUT2D eigenvalue weighted by Crippen LogP contribution is 2.29. The quantitative estimate of drug-likeness (QED) is 0.260. The molecule has 0 atom stereocenters. The first kappa shape index (κ1) is 24.2. The van der Waals surface area contributed by atoms with E-state index in [1.165, 1.54) is 26.0 Å². The summed E-state index contributed by atoms with van der Waals surface area (Å²) < 4.78 is 17.7. The summed E-state index contributed by atoms with van der Waals surface area (Å²) in [4.78, 5) is 29.3. The molecule has 0 saturated heterocycles.